The van der Waals surface area contributed by atoms with Crippen LogP contribution in [0.25, 0.3) is 11.4 Å². The van der Waals surface area contributed by atoms with Gasteiger partial charge in [0.1, 0.15) is 11.4 Å². The van der Waals surface area contributed by atoms with Crippen molar-refractivity contribution in [3.8, 4) is 11.4 Å². The van der Waals surface area contributed by atoms with Crippen molar-refractivity contribution in [1.82, 2.24) is 20.4 Å². The molecule has 0 aliphatic rings. The molecule has 5 nitrogen and oxygen atoms in total. The average molecular weight is 203 g/mol. The second-order valence-corrected chi connectivity index (χ2v) is 3.44. The van der Waals surface area contributed by atoms with Gasteiger partial charge in [-0.15, -0.1) is 5.10 Å². The molecule has 0 spiro atoms. The van der Waals surface area contributed by atoms with Crippen LogP contribution >= 0.6 is 0 Å². The first kappa shape index (κ1) is 9.79. The molecule has 0 aliphatic heterocycles. The maximum atomic E-state index is 5.46. The third-order valence-corrected chi connectivity index (χ3v) is 2.10. The largest absolute Gasteiger partial charge is 0.330 e. The van der Waals surface area contributed by atoms with Crippen molar-refractivity contribution in [2.75, 3.05) is 6.54 Å². The highest BCUT2D eigenvalue weighted by Crippen LogP contribution is 2.14. The van der Waals surface area contributed by atoms with E-state index in [-0.39, 0.29) is 0 Å². The Labute approximate surface area is 87.7 Å². The van der Waals surface area contributed by atoms with Gasteiger partial charge in [0.15, 0.2) is 0 Å². The van der Waals surface area contributed by atoms with Gasteiger partial charge in [0, 0.05) is 12.1 Å². The van der Waals surface area contributed by atoms with E-state index < -0.39 is 0 Å². The standard InChI is InChI=1S/C10H13N5/c1-7-4-9(14-12-6-7)10-5-8(2-3-11)13-15-10/h4-6H,2-3,11H2,1H3,(H,13,15). The van der Waals surface area contributed by atoms with E-state index in [2.05, 4.69) is 20.4 Å². The SMILES string of the molecule is Cc1cnnc(-c2cc(CCN)[nH]n2)c1. The molecule has 0 saturated heterocycles. The molecule has 5 heteroatoms. The normalized spacial score (nSPS) is 10.5. The number of hydrogen-bond donors (Lipinski definition) is 2. The molecule has 15 heavy (non-hydrogen) atoms. The zero-order valence-corrected chi connectivity index (χ0v) is 8.57. The number of nitrogens with two attached hydrogens (primary N) is 1. The minimum Gasteiger partial charge on any atom is -0.330 e. The summed E-state index contributed by atoms with van der Waals surface area (Å²) >= 11 is 0. The van der Waals surface area contributed by atoms with Gasteiger partial charge in [-0.3, -0.25) is 5.10 Å². The number of H-pyrrole nitrogens is 1. The van der Waals surface area contributed by atoms with Crippen molar-refractivity contribution in [1.29, 1.82) is 0 Å². The minimum atomic E-state index is 0.612. The van der Waals surface area contributed by atoms with Crippen LogP contribution in [0.1, 0.15) is 11.3 Å². The number of nitrogens with zero attached hydrogens (tertiary/aromatic N) is 3. The highest BCUT2D eigenvalue weighted by Gasteiger charge is 2.05. The zero-order valence-electron chi connectivity index (χ0n) is 8.57. The predicted molar refractivity (Wildman–Crippen MR) is 57.1 cm³/mol. The van der Waals surface area contributed by atoms with Crippen molar-refractivity contribution >= 4 is 0 Å². The first-order valence-electron chi connectivity index (χ1n) is 4.83. The Hall–Kier alpha value is -1.75. The monoisotopic (exact) mass is 203 g/mol. The Balaban J connectivity index is 2.29. The number of rotatable bonds is 3. The Morgan fingerprint density at radius 3 is 2.93 bits per heavy atom. The third-order valence-electron chi connectivity index (χ3n) is 2.10. The van der Waals surface area contributed by atoms with Crippen LogP contribution in [-0.2, 0) is 6.42 Å². The zero-order chi connectivity index (χ0) is 10.7. The number of aromatic amines is 1. The lowest BCUT2D eigenvalue weighted by Crippen LogP contribution is -2.02. The molecule has 2 heterocycles. The van der Waals surface area contributed by atoms with Gasteiger partial charge in [0.2, 0.25) is 0 Å². The maximum Gasteiger partial charge on any atom is 0.113 e. The molecule has 0 amide bonds. The van der Waals surface area contributed by atoms with Crippen LogP contribution < -0.4 is 5.73 Å². The van der Waals surface area contributed by atoms with E-state index in [0.717, 1.165) is 29.1 Å². The van der Waals surface area contributed by atoms with E-state index in [1.54, 1.807) is 6.20 Å². The molecular formula is C10H13N5. The molecule has 0 saturated carbocycles. The van der Waals surface area contributed by atoms with Gasteiger partial charge < -0.3 is 5.73 Å². The van der Waals surface area contributed by atoms with Crippen LogP contribution in [-0.4, -0.2) is 26.9 Å². The topological polar surface area (TPSA) is 80.5 Å². The molecule has 0 radical (unpaired) electrons. The smallest absolute Gasteiger partial charge is 0.113 e. The summed E-state index contributed by atoms with van der Waals surface area (Å²) in [5, 5.41) is 15.0. The highest BCUT2D eigenvalue weighted by atomic mass is 15.2. The summed E-state index contributed by atoms with van der Waals surface area (Å²) in [4.78, 5) is 0. The Kier molecular flexibility index (Phi) is 2.73. The van der Waals surface area contributed by atoms with Gasteiger partial charge >= 0.3 is 0 Å². The lowest BCUT2D eigenvalue weighted by Gasteiger charge is -1.94. The molecule has 0 fully saturated rings. The summed E-state index contributed by atoms with van der Waals surface area (Å²) in [5.74, 6) is 0. The molecule has 0 atom stereocenters. The summed E-state index contributed by atoms with van der Waals surface area (Å²) in [6.45, 7) is 2.59. The van der Waals surface area contributed by atoms with E-state index in [4.69, 9.17) is 5.73 Å². The summed E-state index contributed by atoms with van der Waals surface area (Å²) in [5.41, 5.74) is 9.15. The minimum absolute atomic E-state index is 0.612. The Morgan fingerprint density at radius 2 is 2.20 bits per heavy atom. The van der Waals surface area contributed by atoms with Crippen molar-refractivity contribution < 1.29 is 0 Å². The first-order valence-corrected chi connectivity index (χ1v) is 4.83. The molecule has 0 aromatic carbocycles. The lowest BCUT2D eigenvalue weighted by molar-refractivity contribution is 0.901. The number of aromatic nitrogens is 4. The van der Waals surface area contributed by atoms with Crippen molar-refractivity contribution in [3.05, 3.63) is 29.6 Å². The van der Waals surface area contributed by atoms with Gasteiger partial charge in [0.25, 0.3) is 0 Å². The lowest BCUT2D eigenvalue weighted by atomic mass is 10.2. The van der Waals surface area contributed by atoms with E-state index in [0.29, 0.717) is 6.54 Å². The molecule has 78 valence electrons. The summed E-state index contributed by atoms with van der Waals surface area (Å²) in [7, 11) is 0. The second kappa shape index (κ2) is 4.18. The first-order chi connectivity index (χ1) is 7.29. The fourth-order valence-corrected chi connectivity index (χ4v) is 1.37. The molecule has 0 unspecified atom stereocenters. The summed E-state index contributed by atoms with van der Waals surface area (Å²) in [6.07, 6.45) is 2.52. The molecule has 2 aromatic heterocycles. The van der Waals surface area contributed by atoms with Gasteiger partial charge in [-0.05, 0) is 31.2 Å². The highest BCUT2D eigenvalue weighted by molar-refractivity contribution is 5.54. The van der Waals surface area contributed by atoms with Crippen LogP contribution in [0.2, 0.25) is 0 Å². The van der Waals surface area contributed by atoms with Crippen LogP contribution in [0, 0.1) is 6.92 Å². The fourth-order valence-electron chi connectivity index (χ4n) is 1.37. The summed E-state index contributed by atoms with van der Waals surface area (Å²) < 4.78 is 0. The number of aryl methyl sites for hydroxylation is 1. The van der Waals surface area contributed by atoms with Crippen molar-refractivity contribution in [3.63, 3.8) is 0 Å². The van der Waals surface area contributed by atoms with Gasteiger partial charge in [-0.25, -0.2) is 0 Å². The number of nitrogens with one attached hydrogen (secondary N) is 1. The van der Waals surface area contributed by atoms with Crippen LogP contribution in [0.4, 0.5) is 0 Å². The molecule has 2 aromatic rings. The second-order valence-electron chi connectivity index (χ2n) is 3.44. The number of hydrogen-bond acceptors (Lipinski definition) is 4. The van der Waals surface area contributed by atoms with Crippen LogP contribution in [0.15, 0.2) is 18.3 Å². The van der Waals surface area contributed by atoms with E-state index >= 15 is 0 Å². The quantitative estimate of drug-likeness (QED) is 0.768. The molecule has 2 rings (SSSR count). The third kappa shape index (κ3) is 2.19. The molecule has 3 N–H and O–H groups in total. The Bertz CT molecular complexity index is 449. The van der Waals surface area contributed by atoms with Crippen LogP contribution in [0.5, 0.6) is 0 Å². The van der Waals surface area contributed by atoms with E-state index in [1.165, 1.54) is 0 Å². The van der Waals surface area contributed by atoms with Crippen LogP contribution in [0.3, 0.4) is 0 Å². The average Bonchev–Trinajstić information content (AvgIpc) is 2.67. The van der Waals surface area contributed by atoms with E-state index in [1.807, 2.05) is 19.1 Å². The molecular weight excluding hydrogens is 190 g/mol. The summed E-state index contributed by atoms with van der Waals surface area (Å²) in [6, 6.07) is 3.91. The van der Waals surface area contributed by atoms with E-state index in [9.17, 15) is 0 Å². The molecule has 0 aliphatic carbocycles. The Morgan fingerprint density at radius 1 is 1.33 bits per heavy atom. The fraction of sp³-hybridized carbons (Fsp3) is 0.300. The van der Waals surface area contributed by atoms with Gasteiger partial charge in [0.05, 0.1) is 6.20 Å². The van der Waals surface area contributed by atoms with Gasteiger partial charge in [-0.2, -0.15) is 10.2 Å². The van der Waals surface area contributed by atoms with Gasteiger partial charge in [-0.1, -0.05) is 0 Å². The van der Waals surface area contributed by atoms with Crippen molar-refractivity contribution in [2.24, 2.45) is 5.73 Å². The maximum absolute atomic E-state index is 5.46. The van der Waals surface area contributed by atoms with Crippen molar-refractivity contribution in [2.45, 2.75) is 13.3 Å². The predicted octanol–water partition coefficient (Wildman–Crippen LogP) is 0.676. The molecule has 0 bridgehead atoms.